The first-order valence-electron chi connectivity index (χ1n) is 4.88. The molecule has 0 unspecified atom stereocenters. The van der Waals surface area contributed by atoms with E-state index in [0.29, 0.717) is 18.7 Å². The summed E-state index contributed by atoms with van der Waals surface area (Å²) in [6.45, 7) is 0.617. The number of benzene rings is 1. The van der Waals surface area contributed by atoms with Gasteiger partial charge < -0.3 is 10.5 Å². The number of nitrogens with two attached hydrogens (primary N) is 1. The Balaban J connectivity index is 2.34. The van der Waals surface area contributed by atoms with Crippen LogP contribution >= 0.6 is 15.9 Å². The van der Waals surface area contributed by atoms with Gasteiger partial charge in [-0.3, -0.25) is 4.79 Å². The molecule has 0 atom stereocenters. The summed E-state index contributed by atoms with van der Waals surface area (Å²) in [5.74, 6) is 0.377. The topological polar surface area (TPSA) is 52.3 Å². The van der Waals surface area contributed by atoms with Crippen LogP contribution in [0.3, 0.4) is 0 Å². The lowest BCUT2D eigenvalue weighted by Gasteiger charge is -2.03. The molecule has 3 nitrogen and oxygen atoms in total. The Labute approximate surface area is 97.7 Å². The predicted molar refractivity (Wildman–Crippen MR) is 62.7 cm³/mol. The molecule has 0 amide bonds. The van der Waals surface area contributed by atoms with Crippen LogP contribution in [0.1, 0.15) is 19.3 Å². The van der Waals surface area contributed by atoms with Crippen LogP contribution in [0.25, 0.3) is 0 Å². The van der Waals surface area contributed by atoms with E-state index in [0.717, 1.165) is 17.3 Å². The summed E-state index contributed by atoms with van der Waals surface area (Å²) in [4.78, 5) is 11.3. The quantitative estimate of drug-likeness (QED) is 0.509. The average Bonchev–Trinajstić information content (AvgIpc) is 2.22. The van der Waals surface area contributed by atoms with Crippen LogP contribution in [0.5, 0.6) is 5.75 Å². The van der Waals surface area contributed by atoms with Gasteiger partial charge in [0.05, 0.1) is 0 Å². The highest BCUT2D eigenvalue weighted by atomic mass is 79.9. The smallest absolute Gasteiger partial charge is 0.311 e. The second-order valence-corrected chi connectivity index (χ2v) is 4.09. The third-order valence-electron chi connectivity index (χ3n) is 1.88. The van der Waals surface area contributed by atoms with Gasteiger partial charge in [-0.2, -0.15) is 0 Å². The van der Waals surface area contributed by atoms with Crippen molar-refractivity contribution in [2.24, 2.45) is 5.73 Å². The number of carbonyl (C=O) groups is 1. The molecule has 4 heteroatoms. The minimum Gasteiger partial charge on any atom is -0.427 e. The van der Waals surface area contributed by atoms with Crippen molar-refractivity contribution >= 4 is 21.9 Å². The van der Waals surface area contributed by atoms with Crippen molar-refractivity contribution in [2.45, 2.75) is 19.3 Å². The van der Waals surface area contributed by atoms with Gasteiger partial charge in [-0.15, -0.1) is 0 Å². The Kier molecular flexibility index (Phi) is 5.36. The molecule has 2 N–H and O–H groups in total. The molecule has 1 aromatic rings. The van der Waals surface area contributed by atoms with Crippen LogP contribution in [0.4, 0.5) is 0 Å². The fraction of sp³-hybridized carbons (Fsp3) is 0.364. The Hall–Kier alpha value is -0.870. The Morgan fingerprint density at radius 1 is 1.27 bits per heavy atom. The third kappa shape index (κ3) is 4.95. The van der Waals surface area contributed by atoms with Gasteiger partial charge in [0.1, 0.15) is 5.75 Å². The summed E-state index contributed by atoms with van der Waals surface area (Å²) in [7, 11) is 0. The molecule has 0 aliphatic rings. The molecule has 0 heterocycles. The zero-order chi connectivity index (χ0) is 11.1. The highest BCUT2D eigenvalue weighted by Crippen LogP contribution is 2.16. The molecular formula is C11H14BrNO2. The fourth-order valence-electron chi connectivity index (χ4n) is 1.10. The van der Waals surface area contributed by atoms with E-state index in [1.807, 2.05) is 12.1 Å². The van der Waals surface area contributed by atoms with E-state index < -0.39 is 0 Å². The molecule has 1 aromatic carbocycles. The molecule has 15 heavy (non-hydrogen) atoms. The van der Waals surface area contributed by atoms with E-state index in [9.17, 15) is 4.79 Å². The van der Waals surface area contributed by atoms with Gasteiger partial charge in [-0.1, -0.05) is 15.9 Å². The normalized spacial score (nSPS) is 10.0. The van der Waals surface area contributed by atoms with Crippen molar-refractivity contribution in [1.29, 1.82) is 0 Å². The van der Waals surface area contributed by atoms with E-state index in [-0.39, 0.29) is 5.97 Å². The van der Waals surface area contributed by atoms with Crippen molar-refractivity contribution in [2.75, 3.05) is 6.54 Å². The van der Waals surface area contributed by atoms with Gasteiger partial charge >= 0.3 is 5.97 Å². The summed E-state index contributed by atoms with van der Waals surface area (Å²) < 4.78 is 6.08. The van der Waals surface area contributed by atoms with Crippen molar-refractivity contribution in [3.05, 3.63) is 28.7 Å². The number of unbranched alkanes of at least 4 members (excludes halogenated alkanes) is 1. The molecular weight excluding hydrogens is 258 g/mol. The van der Waals surface area contributed by atoms with Gasteiger partial charge in [-0.25, -0.2) is 0 Å². The van der Waals surface area contributed by atoms with Crippen molar-refractivity contribution in [3.8, 4) is 5.75 Å². The molecule has 0 aliphatic heterocycles. The summed E-state index contributed by atoms with van der Waals surface area (Å²) in [5.41, 5.74) is 5.33. The molecule has 0 aromatic heterocycles. The van der Waals surface area contributed by atoms with Gasteiger partial charge in [0.15, 0.2) is 0 Å². The molecule has 0 aliphatic carbocycles. The van der Waals surface area contributed by atoms with Crippen molar-refractivity contribution in [3.63, 3.8) is 0 Å². The highest BCUT2D eigenvalue weighted by Gasteiger charge is 2.03. The molecule has 0 saturated heterocycles. The molecule has 0 saturated carbocycles. The maximum atomic E-state index is 11.3. The molecule has 0 spiro atoms. The first-order chi connectivity index (χ1) is 7.22. The molecule has 82 valence electrons. The SMILES string of the molecule is NCCCCC(=O)Oc1ccc(Br)cc1. The minimum absolute atomic E-state index is 0.203. The van der Waals surface area contributed by atoms with E-state index in [4.69, 9.17) is 10.5 Å². The van der Waals surface area contributed by atoms with Crippen molar-refractivity contribution in [1.82, 2.24) is 0 Å². The van der Waals surface area contributed by atoms with E-state index in [1.165, 1.54) is 0 Å². The average molecular weight is 272 g/mol. The first-order valence-corrected chi connectivity index (χ1v) is 5.68. The first kappa shape index (κ1) is 12.2. The van der Waals surface area contributed by atoms with Crippen LogP contribution in [-0.4, -0.2) is 12.5 Å². The maximum Gasteiger partial charge on any atom is 0.311 e. The van der Waals surface area contributed by atoms with E-state index >= 15 is 0 Å². The second kappa shape index (κ2) is 6.58. The largest absolute Gasteiger partial charge is 0.427 e. The standard InChI is InChI=1S/C11H14BrNO2/c12-9-4-6-10(7-5-9)15-11(14)3-1-2-8-13/h4-7H,1-3,8,13H2. The number of carbonyl (C=O) groups excluding carboxylic acids is 1. The van der Waals surface area contributed by atoms with Crippen molar-refractivity contribution < 1.29 is 9.53 Å². The van der Waals surface area contributed by atoms with Gasteiger partial charge in [0.2, 0.25) is 0 Å². The van der Waals surface area contributed by atoms with E-state index in [2.05, 4.69) is 15.9 Å². The number of ether oxygens (including phenoxy) is 1. The zero-order valence-electron chi connectivity index (χ0n) is 8.41. The van der Waals surface area contributed by atoms with Gasteiger partial charge in [-0.05, 0) is 43.7 Å². The lowest BCUT2D eigenvalue weighted by molar-refractivity contribution is -0.134. The summed E-state index contributed by atoms with van der Waals surface area (Å²) in [6.07, 6.45) is 2.06. The van der Waals surface area contributed by atoms with Crippen LogP contribution in [0, 0.1) is 0 Å². The predicted octanol–water partition coefficient (Wildman–Crippen LogP) is 2.48. The van der Waals surface area contributed by atoms with Gasteiger partial charge in [0, 0.05) is 10.9 Å². The van der Waals surface area contributed by atoms with Crippen LogP contribution < -0.4 is 10.5 Å². The molecule has 0 bridgehead atoms. The number of hydrogen-bond donors (Lipinski definition) is 1. The third-order valence-corrected chi connectivity index (χ3v) is 2.41. The van der Waals surface area contributed by atoms with Gasteiger partial charge in [0.25, 0.3) is 0 Å². The molecule has 1 rings (SSSR count). The Morgan fingerprint density at radius 2 is 1.93 bits per heavy atom. The lowest BCUT2D eigenvalue weighted by Crippen LogP contribution is -2.08. The monoisotopic (exact) mass is 271 g/mol. The maximum absolute atomic E-state index is 11.3. The number of esters is 1. The minimum atomic E-state index is -0.203. The van der Waals surface area contributed by atoms with Crippen LogP contribution in [0.2, 0.25) is 0 Å². The second-order valence-electron chi connectivity index (χ2n) is 3.17. The summed E-state index contributed by atoms with van der Waals surface area (Å²) in [6, 6.07) is 7.18. The molecule has 0 radical (unpaired) electrons. The number of halogens is 1. The lowest BCUT2D eigenvalue weighted by atomic mass is 10.2. The number of rotatable bonds is 5. The molecule has 0 fully saturated rings. The van der Waals surface area contributed by atoms with E-state index in [1.54, 1.807) is 12.1 Å². The Bertz CT molecular complexity index is 311. The highest BCUT2D eigenvalue weighted by molar-refractivity contribution is 9.10. The summed E-state index contributed by atoms with van der Waals surface area (Å²) in [5, 5.41) is 0. The Morgan fingerprint density at radius 3 is 2.53 bits per heavy atom. The zero-order valence-corrected chi connectivity index (χ0v) is 10.00. The fourth-order valence-corrected chi connectivity index (χ4v) is 1.36. The van der Waals surface area contributed by atoms with Crippen LogP contribution in [-0.2, 0) is 4.79 Å². The van der Waals surface area contributed by atoms with Crippen LogP contribution in [0.15, 0.2) is 28.7 Å². The number of hydrogen-bond acceptors (Lipinski definition) is 3. The summed E-state index contributed by atoms with van der Waals surface area (Å²) >= 11 is 3.31.